The molecule has 2 rings (SSSR count). The molecule has 0 unspecified atom stereocenters. The number of pyridine rings is 1. The van der Waals surface area contributed by atoms with E-state index < -0.39 is 16.4 Å². The minimum Gasteiger partial charge on any atom is -0.490 e. The van der Waals surface area contributed by atoms with Crippen molar-refractivity contribution in [1.82, 2.24) is 9.99 Å². The normalized spacial score (nSPS) is 10.9. The van der Waals surface area contributed by atoms with Crippen molar-refractivity contribution in [3.8, 4) is 11.5 Å². The fourth-order valence-electron chi connectivity index (χ4n) is 2.60. The molecule has 2 aromatic rings. The molecule has 1 amide bonds. The summed E-state index contributed by atoms with van der Waals surface area (Å²) in [6.45, 7) is 5.67. The van der Waals surface area contributed by atoms with Crippen LogP contribution in [-0.2, 0) is 0 Å². The van der Waals surface area contributed by atoms with E-state index in [4.69, 9.17) is 9.47 Å². The van der Waals surface area contributed by atoms with Crippen LogP contribution in [0.25, 0.3) is 0 Å². The van der Waals surface area contributed by atoms with Crippen molar-refractivity contribution in [2.24, 2.45) is 5.10 Å². The third-order valence-corrected chi connectivity index (χ3v) is 3.91. The zero-order valence-corrected chi connectivity index (χ0v) is 16.5. The zero-order valence-electron chi connectivity index (χ0n) is 16.5. The maximum absolute atomic E-state index is 12.3. The number of ether oxygens (including phenoxy) is 2. The first kappa shape index (κ1) is 21.6. The van der Waals surface area contributed by atoms with Crippen LogP contribution in [0, 0.1) is 10.1 Å². The Hall–Kier alpha value is -3.69. The van der Waals surface area contributed by atoms with E-state index in [0.717, 1.165) is 0 Å². The first-order chi connectivity index (χ1) is 13.8. The molecule has 0 aliphatic carbocycles. The third kappa shape index (κ3) is 4.98. The summed E-state index contributed by atoms with van der Waals surface area (Å²) in [6.07, 6.45) is 2.82. The second-order valence-corrected chi connectivity index (χ2v) is 6.19. The number of carbonyl (C=O) groups excluding carboxylic acids is 1. The van der Waals surface area contributed by atoms with E-state index in [0.29, 0.717) is 5.56 Å². The van der Waals surface area contributed by atoms with Gasteiger partial charge in [-0.15, -0.1) is 0 Å². The Labute approximate surface area is 166 Å². The molecule has 1 aromatic heterocycles. The fourth-order valence-corrected chi connectivity index (χ4v) is 2.60. The van der Waals surface area contributed by atoms with Crippen LogP contribution in [-0.4, -0.2) is 35.3 Å². The Kier molecular flexibility index (Phi) is 7.07. The lowest BCUT2D eigenvalue weighted by Crippen LogP contribution is -2.31. The summed E-state index contributed by atoms with van der Waals surface area (Å²) in [4.78, 5) is 35.3. The highest BCUT2D eigenvalue weighted by Crippen LogP contribution is 2.37. The lowest BCUT2D eigenvalue weighted by Gasteiger charge is -2.11. The topological polar surface area (TPSA) is 125 Å². The predicted octanol–water partition coefficient (Wildman–Crippen LogP) is 2.51. The number of hydrogen-bond donors (Lipinski definition) is 1. The molecule has 0 atom stereocenters. The molecule has 1 aromatic carbocycles. The summed E-state index contributed by atoms with van der Waals surface area (Å²) >= 11 is 0. The number of rotatable bonds is 8. The molecular weight excluding hydrogens is 380 g/mol. The van der Waals surface area contributed by atoms with Crippen molar-refractivity contribution in [1.29, 1.82) is 0 Å². The van der Waals surface area contributed by atoms with Gasteiger partial charge in [-0.05, 0) is 39.0 Å². The van der Waals surface area contributed by atoms with Gasteiger partial charge < -0.3 is 14.0 Å². The largest absolute Gasteiger partial charge is 0.490 e. The Bertz CT molecular complexity index is 997. The van der Waals surface area contributed by atoms with Crippen LogP contribution in [0.1, 0.15) is 42.7 Å². The molecule has 10 nitrogen and oxygen atoms in total. The number of carbonyl (C=O) groups is 1. The van der Waals surface area contributed by atoms with E-state index in [9.17, 15) is 19.7 Å². The molecule has 0 radical (unpaired) electrons. The maximum atomic E-state index is 12.3. The summed E-state index contributed by atoms with van der Waals surface area (Å²) in [5.74, 6) is -0.509. The van der Waals surface area contributed by atoms with Crippen LogP contribution in [0.4, 0.5) is 5.69 Å². The van der Waals surface area contributed by atoms with E-state index in [1.54, 1.807) is 19.2 Å². The minimum absolute atomic E-state index is 0.00319. The monoisotopic (exact) mass is 402 g/mol. The molecule has 0 spiro atoms. The number of benzene rings is 1. The summed E-state index contributed by atoms with van der Waals surface area (Å²) in [6, 6.07) is 5.64. The zero-order chi connectivity index (χ0) is 21.6. The molecular formula is C19H22N4O6. The predicted molar refractivity (Wildman–Crippen MR) is 107 cm³/mol. The van der Waals surface area contributed by atoms with Gasteiger partial charge in [0, 0.05) is 23.9 Å². The summed E-state index contributed by atoms with van der Waals surface area (Å²) in [5, 5.41) is 15.1. The number of amides is 1. The number of nitrogens with one attached hydrogen (secondary N) is 1. The Morgan fingerprint density at radius 1 is 1.41 bits per heavy atom. The first-order valence-electron chi connectivity index (χ1n) is 8.83. The average Bonchev–Trinajstić information content (AvgIpc) is 2.67. The van der Waals surface area contributed by atoms with Crippen LogP contribution in [0.15, 0.2) is 40.4 Å². The number of nitrogens with zero attached hydrogens (tertiary/aromatic N) is 3. The van der Waals surface area contributed by atoms with Gasteiger partial charge in [0.2, 0.25) is 5.75 Å². The second kappa shape index (κ2) is 9.49. The van der Waals surface area contributed by atoms with Crippen LogP contribution in [0.5, 0.6) is 11.5 Å². The third-order valence-electron chi connectivity index (χ3n) is 3.91. The molecule has 0 saturated carbocycles. The van der Waals surface area contributed by atoms with Crippen molar-refractivity contribution in [2.45, 2.75) is 26.8 Å². The first-order valence-corrected chi connectivity index (χ1v) is 8.83. The van der Waals surface area contributed by atoms with E-state index in [-0.39, 0.29) is 35.4 Å². The molecule has 1 N–H and O–H groups in total. The van der Waals surface area contributed by atoms with Crippen LogP contribution in [0.3, 0.4) is 0 Å². The lowest BCUT2D eigenvalue weighted by molar-refractivity contribution is -0.385. The van der Waals surface area contributed by atoms with Crippen LogP contribution >= 0.6 is 0 Å². The summed E-state index contributed by atoms with van der Waals surface area (Å²) in [7, 11) is 1.31. The molecule has 154 valence electrons. The van der Waals surface area contributed by atoms with Gasteiger partial charge in [0.25, 0.3) is 11.5 Å². The second-order valence-electron chi connectivity index (χ2n) is 6.19. The highest BCUT2D eigenvalue weighted by molar-refractivity contribution is 5.94. The fraction of sp³-hybridized carbons (Fsp3) is 0.316. The van der Waals surface area contributed by atoms with Crippen molar-refractivity contribution in [2.75, 3.05) is 13.7 Å². The van der Waals surface area contributed by atoms with E-state index in [1.807, 2.05) is 13.8 Å². The maximum Gasteiger partial charge on any atom is 0.315 e. The SMILES string of the molecule is CCOc1cc(/C=N\NC(=O)c2cccn(C(C)C)c2=O)cc([N+](=O)[O-])c1OC. The molecule has 29 heavy (non-hydrogen) atoms. The molecule has 10 heteroatoms. The Morgan fingerprint density at radius 2 is 2.14 bits per heavy atom. The highest BCUT2D eigenvalue weighted by atomic mass is 16.6. The Balaban J connectivity index is 2.28. The summed E-state index contributed by atoms with van der Waals surface area (Å²) in [5.41, 5.74) is 1.78. The summed E-state index contributed by atoms with van der Waals surface area (Å²) < 4.78 is 11.9. The Morgan fingerprint density at radius 3 is 2.72 bits per heavy atom. The molecule has 0 fully saturated rings. The number of hydrazone groups is 1. The van der Waals surface area contributed by atoms with E-state index >= 15 is 0 Å². The van der Waals surface area contributed by atoms with Gasteiger partial charge in [0.1, 0.15) is 5.56 Å². The van der Waals surface area contributed by atoms with Crippen LogP contribution < -0.4 is 20.5 Å². The average molecular weight is 402 g/mol. The van der Waals surface area contributed by atoms with Crippen molar-refractivity contribution >= 4 is 17.8 Å². The number of nitro groups is 1. The molecule has 1 heterocycles. The smallest absolute Gasteiger partial charge is 0.315 e. The van der Waals surface area contributed by atoms with Gasteiger partial charge in [-0.1, -0.05) is 0 Å². The molecule has 0 aliphatic heterocycles. The number of nitro benzene ring substituents is 1. The van der Waals surface area contributed by atoms with Gasteiger partial charge in [0.05, 0.1) is 24.9 Å². The molecule has 0 bridgehead atoms. The van der Waals surface area contributed by atoms with Crippen molar-refractivity contribution in [3.05, 3.63) is 62.1 Å². The van der Waals surface area contributed by atoms with Crippen LogP contribution in [0.2, 0.25) is 0 Å². The number of hydrogen-bond acceptors (Lipinski definition) is 7. The molecule has 0 aliphatic rings. The van der Waals surface area contributed by atoms with E-state index in [1.165, 1.54) is 36.1 Å². The van der Waals surface area contributed by atoms with Gasteiger partial charge in [-0.2, -0.15) is 5.10 Å². The van der Waals surface area contributed by atoms with E-state index in [2.05, 4.69) is 10.5 Å². The van der Waals surface area contributed by atoms with Gasteiger partial charge in [0.15, 0.2) is 5.75 Å². The van der Waals surface area contributed by atoms with Gasteiger partial charge >= 0.3 is 5.69 Å². The highest BCUT2D eigenvalue weighted by Gasteiger charge is 2.21. The lowest BCUT2D eigenvalue weighted by atomic mass is 10.2. The van der Waals surface area contributed by atoms with Crippen molar-refractivity contribution < 1.29 is 19.2 Å². The van der Waals surface area contributed by atoms with Crippen molar-refractivity contribution in [3.63, 3.8) is 0 Å². The quantitative estimate of drug-likeness (QED) is 0.411. The molecule has 0 saturated heterocycles. The number of aromatic nitrogens is 1. The minimum atomic E-state index is -0.686. The van der Waals surface area contributed by atoms with Gasteiger partial charge in [-0.25, -0.2) is 5.43 Å². The van der Waals surface area contributed by atoms with Gasteiger partial charge in [-0.3, -0.25) is 19.7 Å². The number of methoxy groups -OCH3 is 1. The standard InChI is InChI=1S/C19H22N4O6/c1-5-29-16-10-13(9-15(23(26)27)17(16)28-4)11-20-21-18(24)14-7-6-8-22(12(2)3)19(14)25/h6-12H,5H2,1-4H3,(H,21,24)/b20-11-.